The van der Waals surface area contributed by atoms with Crippen molar-refractivity contribution in [2.75, 3.05) is 26.3 Å². The first-order chi connectivity index (χ1) is 16.4. The van der Waals surface area contributed by atoms with Gasteiger partial charge in [-0.3, -0.25) is 4.79 Å². The number of aliphatic hydroxyl groups is 2. The maximum Gasteiger partial charge on any atom is 0.300 e. The molecule has 34 heavy (non-hydrogen) atoms. The van der Waals surface area contributed by atoms with Crippen molar-refractivity contribution in [3.8, 4) is 5.75 Å². The SMILES string of the molecule is CC(=O)O.OCc1cc(C(O)CNCCCCCCOCCCCc2ccccc2)ccc1O. The third-order valence-electron chi connectivity index (χ3n) is 5.24. The Balaban J connectivity index is 0.00000133. The molecule has 0 bridgehead atoms. The fourth-order valence-electron chi connectivity index (χ4n) is 3.38. The first-order valence-electron chi connectivity index (χ1n) is 12.1. The van der Waals surface area contributed by atoms with E-state index in [2.05, 4.69) is 35.6 Å². The zero-order valence-electron chi connectivity index (χ0n) is 20.3. The molecule has 2 rings (SSSR count). The van der Waals surface area contributed by atoms with Gasteiger partial charge in [0.15, 0.2) is 0 Å². The van der Waals surface area contributed by atoms with Gasteiger partial charge in [0, 0.05) is 32.2 Å². The highest BCUT2D eigenvalue weighted by Gasteiger charge is 2.09. The molecule has 190 valence electrons. The van der Waals surface area contributed by atoms with E-state index in [1.807, 2.05) is 0 Å². The molecular formula is C27H41NO6. The number of unbranched alkanes of at least 4 members (excludes halogenated alkanes) is 4. The number of rotatable bonds is 16. The van der Waals surface area contributed by atoms with Crippen LogP contribution in [0.3, 0.4) is 0 Å². The van der Waals surface area contributed by atoms with E-state index in [1.54, 1.807) is 12.1 Å². The summed E-state index contributed by atoms with van der Waals surface area (Å²) in [6.07, 6.45) is 7.24. The molecule has 0 aromatic heterocycles. The van der Waals surface area contributed by atoms with Crippen LogP contribution in [-0.4, -0.2) is 52.7 Å². The quantitative estimate of drug-likeness (QED) is 0.231. The Morgan fingerprint density at radius 1 is 0.971 bits per heavy atom. The number of ether oxygens (including phenoxy) is 1. The van der Waals surface area contributed by atoms with Crippen molar-refractivity contribution in [2.24, 2.45) is 0 Å². The summed E-state index contributed by atoms with van der Waals surface area (Å²) in [6.45, 7) is 3.86. The average Bonchev–Trinajstić information content (AvgIpc) is 2.82. The molecule has 0 saturated heterocycles. The van der Waals surface area contributed by atoms with Crippen LogP contribution in [-0.2, 0) is 22.6 Å². The van der Waals surface area contributed by atoms with E-state index in [1.165, 1.54) is 18.1 Å². The van der Waals surface area contributed by atoms with Crippen molar-refractivity contribution in [3.63, 3.8) is 0 Å². The Morgan fingerprint density at radius 3 is 2.29 bits per heavy atom. The van der Waals surface area contributed by atoms with Crippen molar-refractivity contribution < 1.29 is 30.0 Å². The number of hydrogen-bond donors (Lipinski definition) is 5. The van der Waals surface area contributed by atoms with Gasteiger partial charge in [-0.1, -0.05) is 49.2 Å². The van der Waals surface area contributed by atoms with Gasteiger partial charge in [0.05, 0.1) is 12.7 Å². The van der Waals surface area contributed by atoms with Gasteiger partial charge >= 0.3 is 0 Å². The zero-order valence-corrected chi connectivity index (χ0v) is 20.3. The Hall–Kier alpha value is -2.45. The number of carbonyl (C=O) groups is 1. The van der Waals surface area contributed by atoms with Crippen LogP contribution < -0.4 is 5.32 Å². The van der Waals surface area contributed by atoms with Gasteiger partial charge in [-0.05, 0) is 61.9 Å². The number of benzene rings is 2. The van der Waals surface area contributed by atoms with Crippen LogP contribution in [0.15, 0.2) is 48.5 Å². The second-order valence-corrected chi connectivity index (χ2v) is 8.25. The lowest BCUT2D eigenvalue weighted by Crippen LogP contribution is -2.22. The summed E-state index contributed by atoms with van der Waals surface area (Å²) in [5.41, 5.74) is 2.53. The highest BCUT2D eigenvalue weighted by Crippen LogP contribution is 2.22. The number of aryl methyl sites for hydroxylation is 1. The molecule has 1 atom stereocenters. The maximum atomic E-state index is 10.2. The van der Waals surface area contributed by atoms with Crippen molar-refractivity contribution in [3.05, 3.63) is 65.2 Å². The molecule has 2 aromatic carbocycles. The monoisotopic (exact) mass is 475 g/mol. The summed E-state index contributed by atoms with van der Waals surface area (Å²) in [5, 5.41) is 39.7. The lowest BCUT2D eigenvalue weighted by Gasteiger charge is -2.14. The number of phenols is 1. The molecule has 0 aliphatic heterocycles. The van der Waals surface area contributed by atoms with Crippen LogP contribution in [0.2, 0.25) is 0 Å². The molecule has 0 spiro atoms. The molecule has 0 radical (unpaired) electrons. The van der Waals surface area contributed by atoms with Crippen LogP contribution in [0, 0.1) is 0 Å². The van der Waals surface area contributed by atoms with Crippen molar-refractivity contribution >= 4 is 5.97 Å². The summed E-state index contributed by atoms with van der Waals surface area (Å²) in [7, 11) is 0. The number of hydrogen-bond acceptors (Lipinski definition) is 6. The second-order valence-electron chi connectivity index (χ2n) is 8.25. The van der Waals surface area contributed by atoms with E-state index in [4.69, 9.17) is 14.6 Å². The first kappa shape index (κ1) is 29.6. The van der Waals surface area contributed by atoms with Gasteiger partial charge in [0.25, 0.3) is 5.97 Å². The third kappa shape index (κ3) is 14.6. The Kier molecular flexibility index (Phi) is 16.5. The molecule has 0 aliphatic rings. The van der Waals surface area contributed by atoms with Gasteiger partial charge < -0.3 is 30.5 Å². The minimum atomic E-state index is -0.833. The number of aliphatic carboxylic acids is 1. The fourth-order valence-corrected chi connectivity index (χ4v) is 3.38. The molecule has 0 fully saturated rings. The van der Waals surface area contributed by atoms with Crippen molar-refractivity contribution in [1.82, 2.24) is 5.32 Å². The molecule has 1 unspecified atom stereocenters. The van der Waals surface area contributed by atoms with Crippen LogP contribution in [0.25, 0.3) is 0 Å². The summed E-state index contributed by atoms with van der Waals surface area (Å²) < 4.78 is 5.72. The molecule has 5 N–H and O–H groups in total. The number of nitrogens with one attached hydrogen (secondary N) is 1. The van der Waals surface area contributed by atoms with Crippen molar-refractivity contribution in [1.29, 1.82) is 0 Å². The topological polar surface area (TPSA) is 119 Å². The molecule has 2 aromatic rings. The van der Waals surface area contributed by atoms with E-state index in [-0.39, 0.29) is 12.4 Å². The minimum absolute atomic E-state index is 0.0533. The molecule has 7 nitrogen and oxygen atoms in total. The predicted molar refractivity (Wildman–Crippen MR) is 134 cm³/mol. The van der Waals surface area contributed by atoms with E-state index < -0.39 is 12.1 Å². The zero-order chi connectivity index (χ0) is 25.0. The summed E-state index contributed by atoms with van der Waals surface area (Å²) in [5.74, 6) is -0.780. The van der Waals surface area contributed by atoms with Gasteiger partial charge in [-0.15, -0.1) is 0 Å². The normalized spacial score (nSPS) is 11.5. The number of aromatic hydroxyl groups is 1. The summed E-state index contributed by atoms with van der Waals surface area (Å²) >= 11 is 0. The van der Waals surface area contributed by atoms with Gasteiger partial charge in [0.2, 0.25) is 0 Å². The van der Waals surface area contributed by atoms with Crippen LogP contribution in [0.4, 0.5) is 0 Å². The smallest absolute Gasteiger partial charge is 0.300 e. The molecule has 0 heterocycles. The predicted octanol–water partition coefficient (Wildman–Crippen LogP) is 4.20. The standard InChI is InChI=1S/C25H37NO4.C2H4O2/c27-20-23-18-22(13-14-24(23)28)25(29)19-26-15-7-1-2-8-16-30-17-9-6-12-21-10-4-3-5-11-21;1-2(3)4/h3-5,10-11,13-14,18,25-29H,1-2,6-9,12,15-17,19-20H2;1H3,(H,3,4). The summed E-state index contributed by atoms with van der Waals surface area (Å²) in [6, 6.07) is 15.4. The highest BCUT2D eigenvalue weighted by molar-refractivity contribution is 5.62. The number of aliphatic hydroxyl groups excluding tert-OH is 2. The van der Waals surface area contributed by atoms with E-state index in [0.29, 0.717) is 17.7 Å². The van der Waals surface area contributed by atoms with E-state index in [0.717, 1.165) is 65.2 Å². The second kappa shape index (κ2) is 18.9. The van der Waals surface area contributed by atoms with Crippen LogP contribution in [0.1, 0.15) is 68.2 Å². The molecule has 0 aliphatic carbocycles. The lowest BCUT2D eigenvalue weighted by atomic mass is 10.1. The fraction of sp³-hybridized carbons (Fsp3) is 0.519. The minimum Gasteiger partial charge on any atom is -0.508 e. The molecule has 0 saturated carbocycles. The van der Waals surface area contributed by atoms with Crippen molar-refractivity contribution in [2.45, 2.75) is 64.6 Å². The lowest BCUT2D eigenvalue weighted by molar-refractivity contribution is -0.134. The molecular weight excluding hydrogens is 434 g/mol. The highest BCUT2D eigenvalue weighted by atomic mass is 16.5. The van der Waals surface area contributed by atoms with Gasteiger partial charge in [-0.2, -0.15) is 0 Å². The average molecular weight is 476 g/mol. The Morgan fingerprint density at radius 2 is 1.62 bits per heavy atom. The van der Waals surface area contributed by atoms with E-state index in [9.17, 15) is 15.3 Å². The van der Waals surface area contributed by atoms with E-state index >= 15 is 0 Å². The maximum absolute atomic E-state index is 10.2. The molecule has 7 heteroatoms. The Bertz CT molecular complexity index is 780. The van der Waals surface area contributed by atoms with Crippen LogP contribution >= 0.6 is 0 Å². The largest absolute Gasteiger partial charge is 0.508 e. The van der Waals surface area contributed by atoms with Gasteiger partial charge in [0.1, 0.15) is 5.75 Å². The first-order valence-corrected chi connectivity index (χ1v) is 12.1. The van der Waals surface area contributed by atoms with Gasteiger partial charge in [-0.25, -0.2) is 0 Å². The third-order valence-corrected chi connectivity index (χ3v) is 5.24. The number of carboxylic acid groups (broad SMARTS) is 1. The molecule has 0 amide bonds. The Labute approximate surface area is 203 Å². The summed E-state index contributed by atoms with van der Waals surface area (Å²) in [4.78, 5) is 9.00. The number of carboxylic acids is 1. The van der Waals surface area contributed by atoms with Crippen LogP contribution in [0.5, 0.6) is 5.75 Å².